The molecule has 1 fully saturated rings. The average molecular weight is 195 g/mol. The highest BCUT2D eigenvalue weighted by atomic mass is 16.1. The molecule has 2 heteroatoms. The van der Waals surface area contributed by atoms with E-state index in [4.69, 9.17) is 0 Å². The Balaban J connectivity index is 2.60. The van der Waals surface area contributed by atoms with Crippen LogP contribution in [0.1, 0.15) is 40.0 Å². The van der Waals surface area contributed by atoms with Crippen molar-refractivity contribution >= 4 is 5.91 Å². The van der Waals surface area contributed by atoms with Gasteiger partial charge in [0.05, 0.1) is 0 Å². The molecule has 0 bridgehead atoms. The number of amides is 1. The minimum absolute atomic E-state index is 0.0360. The van der Waals surface area contributed by atoms with Crippen LogP contribution in [-0.4, -0.2) is 11.9 Å². The molecule has 0 radical (unpaired) electrons. The third-order valence-electron chi connectivity index (χ3n) is 3.14. The van der Waals surface area contributed by atoms with E-state index in [1.165, 1.54) is 18.9 Å². The molecule has 1 aliphatic carbocycles. The third-order valence-corrected chi connectivity index (χ3v) is 3.14. The molecule has 0 aromatic carbocycles. The summed E-state index contributed by atoms with van der Waals surface area (Å²) in [5, 5.41) is 3.03. The molecule has 1 saturated carbocycles. The number of carbonyl (C=O) groups is 1. The minimum Gasteiger partial charge on any atom is -0.350 e. The van der Waals surface area contributed by atoms with Crippen LogP contribution in [0.5, 0.6) is 0 Å². The molecule has 0 aliphatic heterocycles. The van der Waals surface area contributed by atoms with Gasteiger partial charge in [-0.15, -0.1) is 0 Å². The molecule has 2 unspecified atom stereocenters. The van der Waals surface area contributed by atoms with Crippen LogP contribution in [0.25, 0.3) is 0 Å². The largest absolute Gasteiger partial charge is 0.350 e. The van der Waals surface area contributed by atoms with Gasteiger partial charge >= 0.3 is 0 Å². The summed E-state index contributed by atoms with van der Waals surface area (Å²) in [7, 11) is 0. The summed E-state index contributed by atoms with van der Waals surface area (Å²) in [4.78, 5) is 11.2. The lowest BCUT2D eigenvalue weighted by Crippen LogP contribution is -2.41. The van der Waals surface area contributed by atoms with Gasteiger partial charge in [-0.1, -0.05) is 33.8 Å². The van der Waals surface area contributed by atoms with Crippen molar-refractivity contribution in [1.82, 2.24) is 5.32 Å². The maximum atomic E-state index is 11.2. The van der Waals surface area contributed by atoms with Crippen LogP contribution in [0.15, 0.2) is 12.7 Å². The van der Waals surface area contributed by atoms with Crippen LogP contribution in [0, 0.1) is 11.3 Å². The molecule has 1 aliphatic rings. The van der Waals surface area contributed by atoms with Crippen LogP contribution in [0.4, 0.5) is 0 Å². The Morgan fingerprint density at radius 3 is 2.57 bits per heavy atom. The zero-order valence-electron chi connectivity index (χ0n) is 9.47. The zero-order valence-corrected chi connectivity index (χ0v) is 9.47. The molecule has 0 aromatic rings. The summed E-state index contributed by atoms with van der Waals surface area (Å²) in [5.74, 6) is 0.567. The van der Waals surface area contributed by atoms with Crippen molar-refractivity contribution in [2.45, 2.75) is 46.1 Å². The maximum absolute atomic E-state index is 11.2. The SMILES string of the molecule is C=CC(=O)NC1CCCC1C(C)(C)C. The van der Waals surface area contributed by atoms with Gasteiger partial charge in [-0.05, 0) is 30.3 Å². The van der Waals surface area contributed by atoms with Crippen molar-refractivity contribution in [3.05, 3.63) is 12.7 Å². The van der Waals surface area contributed by atoms with Crippen molar-refractivity contribution in [3.8, 4) is 0 Å². The predicted octanol–water partition coefficient (Wildman–Crippen LogP) is 2.50. The van der Waals surface area contributed by atoms with E-state index in [1.807, 2.05) is 0 Å². The standard InChI is InChI=1S/C12H21NO/c1-5-11(14)13-10-8-6-7-9(10)12(2,3)4/h5,9-10H,1,6-8H2,2-4H3,(H,13,14). The van der Waals surface area contributed by atoms with Crippen LogP contribution < -0.4 is 5.32 Å². The smallest absolute Gasteiger partial charge is 0.243 e. The fraction of sp³-hybridized carbons (Fsp3) is 0.750. The van der Waals surface area contributed by atoms with Gasteiger partial charge < -0.3 is 5.32 Å². The molecule has 80 valence electrons. The fourth-order valence-electron chi connectivity index (χ4n) is 2.41. The molecule has 2 nitrogen and oxygen atoms in total. The second kappa shape index (κ2) is 4.16. The monoisotopic (exact) mass is 195 g/mol. The van der Waals surface area contributed by atoms with E-state index in [0.29, 0.717) is 12.0 Å². The summed E-state index contributed by atoms with van der Waals surface area (Å²) in [6.45, 7) is 10.2. The predicted molar refractivity (Wildman–Crippen MR) is 58.9 cm³/mol. The average Bonchev–Trinajstić information content (AvgIpc) is 2.51. The van der Waals surface area contributed by atoms with Crippen LogP contribution in [-0.2, 0) is 4.79 Å². The Bertz CT molecular complexity index is 227. The first kappa shape index (κ1) is 11.3. The molecule has 0 heterocycles. The Morgan fingerprint density at radius 2 is 2.07 bits per heavy atom. The first-order chi connectivity index (χ1) is 6.45. The van der Waals surface area contributed by atoms with Gasteiger partial charge in [-0.25, -0.2) is 0 Å². The first-order valence-corrected chi connectivity index (χ1v) is 5.38. The Morgan fingerprint density at radius 1 is 1.43 bits per heavy atom. The topological polar surface area (TPSA) is 29.1 Å². The molecule has 14 heavy (non-hydrogen) atoms. The normalized spacial score (nSPS) is 27.4. The number of hydrogen-bond acceptors (Lipinski definition) is 1. The van der Waals surface area contributed by atoms with Gasteiger partial charge in [0.15, 0.2) is 0 Å². The highest BCUT2D eigenvalue weighted by molar-refractivity contribution is 5.87. The molecule has 0 saturated heterocycles. The van der Waals surface area contributed by atoms with E-state index in [2.05, 4.69) is 32.7 Å². The lowest BCUT2D eigenvalue weighted by Gasteiger charge is -2.32. The minimum atomic E-state index is -0.0360. The van der Waals surface area contributed by atoms with Gasteiger partial charge in [0.2, 0.25) is 5.91 Å². The summed E-state index contributed by atoms with van der Waals surface area (Å²) >= 11 is 0. The lowest BCUT2D eigenvalue weighted by molar-refractivity contribution is -0.117. The zero-order chi connectivity index (χ0) is 10.8. The second-order valence-electron chi connectivity index (χ2n) is 5.22. The molecule has 1 N–H and O–H groups in total. The Labute approximate surface area is 86.8 Å². The van der Waals surface area contributed by atoms with Gasteiger partial charge in [-0.3, -0.25) is 4.79 Å². The Kier molecular flexibility index (Phi) is 3.35. The number of nitrogens with one attached hydrogen (secondary N) is 1. The molecule has 0 aromatic heterocycles. The molecule has 2 atom stereocenters. The number of rotatable bonds is 2. The van der Waals surface area contributed by atoms with E-state index in [-0.39, 0.29) is 11.3 Å². The lowest BCUT2D eigenvalue weighted by atomic mass is 9.77. The summed E-state index contributed by atoms with van der Waals surface area (Å²) in [6, 6.07) is 0.348. The molecule has 1 amide bonds. The van der Waals surface area contributed by atoms with Crippen molar-refractivity contribution < 1.29 is 4.79 Å². The molecular weight excluding hydrogens is 174 g/mol. The van der Waals surface area contributed by atoms with Gasteiger partial charge in [0, 0.05) is 6.04 Å². The van der Waals surface area contributed by atoms with Crippen molar-refractivity contribution in [1.29, 1.82) is 0 Å². The van der Waals surface area contributed by atoms with Crippen molar-refractivity contribution in [2.24, 2.45) is 11.3 Å². The second-order valence-corrected chi connectivity index (χ2v) is 5.22. The summed E-state index contributed by atoms with van der Waals surface area (Å²) < 4.78 is 0. The summed E-state index contributed by atoms with van der Waals surface area (Å²) in [5.41, 5.74) is 0.287. The van der Waals surface area contributed by atoms with Crippen LogP contribution in [0.2, 0.25) is 0 Å². The van der Waals surface area contributed by atoms with E-state index in [1.54, 1.807) is 0 Å². The van der Waals surface area contributed by atoms with E-state index >= 15 is 0 Å². The molecular formula is C12H21NO. The van der Waals surface area contributed by atoms with E-state index in [9.17, 15) is 4.79 Å². The third kappa shape index (κ3) is 2.60. The quantitative estimate of drug-likeness (QED) is 0.674. The van der Waals surface area contributed by atoms with Crippen LogP contribution >= 0.6 is 0 Å². The van der Waals surface area contributed by atoms with Crippen molar-refractivity contribution in [2.75, 3.05) is 0 Å². The van der Waals surface area contributed by atoms with Gasteiger partial charge in [0.25, 0.3) is 0 Å². The van der Waals surface area contributed by atoms with E-state index < -0.39 is 0 Å². The summed E-state index contributed by atoms with van der Waals surface area (Å²) in [6.07, 6.45) is 4.93. The first-order valence-electron chi connectivity index (χ1n) is 5.38. The van der Waals surface area contributed by atoms with Gasteiger partial charge in [0.1, 0.15) is 0 Å². The number of hydrogen-bond donors (Lipinski definition) is 1. The highest BCUT2D eigenvalue weighted by Gasteiger charge is 2.36. The van der Waals surface area contributed by atoms with Gasteiger partial charge in [-0.2, -0.15) is 0 Å². The Hall–Kier alpha value is -0.790. The molecule has 1 rings (SSSR count). The maximum Gasteiger partial charge on any atom is 0.243 e. The highest BCUT2D eigenvalue weighted by Crippen LogP contribution is 2.39. The molecule has 0 spiro atoms. The fourth-order valence-corrected chi connectivity index (χ4v) is 2.41. The van der Waals surface area contributed by atoms with E-state index in [0.717, 1.165) is 6.42 Å². The number of carbonyl (C=O) groups excluding carboxylic acids is 1. The van der Waals surface area contributed by atoms with Crippen LogP contribution in [0.3, 0.4) is 0 Å². The van der Waals surface area contributed by atoms with Crippen molar-refractivity contribution in [3.63, 3.8) is 0 Å².